The van der Waals surface area contributed by atoms with E-state index < -0.39 is 29.8 Å². The molecule has 1 heterocycles. The van der Waals surface area contributed by atoms with Crippen LogP contribution in [-0.2, 0) is 14.6 Å². The summed E-state index contributed by atoms with van der Waals surface area (Å²) in [5.41, 5.74) is -0.0693. The second-order valence-corrected chi connectivity index (χ2v) is 12.3. The van der Waals surface area contributed by atoms with E-state index in [2.05, 4.69) is 0 Å². The first-order chi connectivity index (χ1) is 16.0. The Balaban J connectivity index is 2.02. The average molecular weight is 543 g/mol. The number of halogens is 2. The number of amides is 1. The number of nitrogens with zero attached hydrogens (tertiary/aromatic N) is 2. The lowest BCUT2D eigenvalue weighted by Gasteiger charge is -2.29. The van der Waals surface area contributed by atoms with E-state index in [9.17, 15) is 27.6 Å². The SMILES string of the molecule is O=C(c1ccc2ccccc2c1N(CP(=O)(O)O)S(=O)(=O)c1cc(Cl)cc(Cl)c1)N1CCCC1. The summed E-state index contributed by atoms with van der Waals surface area (Å²) in [6, 6.07) is 13.5. The molecule has 0 saturated carbocycles. The third-order valence-electron chi connectivity index (χ3n) is 5.51. The van der Waals surface area contributed by atoms with Gasteiger partial charge in [0.2, 0.25) is 0 Å². The third-order valence-corrected chi connectivity index (χ3v) is 8.51. The van der Waals surface area contributed by atoms with Crippen LogP contribution in [0, 0.1) is 0 Å². The van der Waals surface area contributed by atoms with Crippen LogP contribution in [0.15, 0.2) is 59.5 Å². The van der Waals surface area contributed by atoms with Gasteiger partial charge in [0.1, 0.15) is 6.29 Å². The number of hydrogen-bond donors (Lipinski definition) is 2. The minimum absolute atomic E-state index is 0.0331. The fourth-order valence-electron chi connectivity index (χ4n) is 4.03. The number of carbonyl (C=O) groups excluding carboxylic acids is 1. The van der Waals surface area contributed by atoms with Gasteiger partial charge in [0.05, 0.1) is 16.1 Å². The fraction of sp³-hybridized carbons (Fsp3) is 0.227. The first-order valence-corrected chi connectivity index (χ1v) is 14.3. The van der Waals surface area contributed by atoms with Gasteiger partial charge in [0.15, 0.2) is 0 Å². The van der Waals surface area contributed by atoms with Gasteiger partial charge in [0, 0.05) is 28.5 Å². The molecule has 1 aliphatic rings. The van der Waals surface area contributed by atoms with Crippen LogP contribution >= 0.6 is 30.8 Å². The van der Waals surface area contributed by atoms with Crippen molar-refractivity contribution in [2.75, 3.05) is 23.7 Å². The lowest BCUT2D eigenvalue weighted by molar-refractivity contribution is 0.0793. The number of carbonyl (C=O) groups is 1. The van der Waals surface area contributed by atoms with Crippen molar-refractivity contribution in [3.8, 4) is 0 Å². The van der Waals surface area contributed by atoms with Crippen molar-refractivity contribution < 1.29 is 27.6 Å². The van der Waals surface area contributed by atoms with Crippen molar-refractivity contribution in [1.29, 1.82) is 0 Å². The Labute approximate surface area is 206 Å². The van der Waals surface area contributed by atoms with Crippen molar-refractivity contribution in [1.82, 2.24) is 4.90 Å². The standard InChI is InChI=1S/C22H21Cl2N2O6PS/c23-16-11-17(24)13-18(12-16)34(31,32)26(14-33(28,29)30)21-19-6-2-1-5-15(19)7-8-20(21)22(27)25-9-3-4-10-25/h1-2,5-8,11-13H,3-4,9-10,14H2,(H2,28,29,30). The minimum atomic E-state index is -4.93. The van der Waals surface area contributed by atoms with Gasteiger partial charge in [-0.25, -0.2) is 8.42 Å². The molecule has 0 bridgehead atoms. The highest BCUT2D eigenvalue weighted by Gasteiger charge is 2.36. The molecule has 1 saturated heterocycles. The normalized spacial score (nSPS) is 14.5. The van der Waals surface area contributed by atoms with E-state index in [1.807, 2.05) is 0 Å². The molecule has 0 spiro atoms. The Hall–Kier alpha value is -2.13. The number of sulfonamides is 1. The molecule has 4 rings (SSSR count). The van der Waals surface area contributed by atoms with Crippen molar-refractivity contribution in [2.45, 2.75) is 17.7 Å². The number of likely N-dealkylation sites (tertiary alicyclic amines) is 1. The maximum Gasteiger partial charge on any atom is 0.345 e. The monoisotopic (exact) mass is 542 g/mol. The maximum atomic E-state index is 13.8. The molecule has 3 aromatic carbocycles. The van der Waals surface area contributed by atoms with Crippen LogP contribution in [-0.4, -0.2) is 48.4 Å². The topological polar surface area (TPSA) is 115 Å². The highest BCUT2D eigenvalue weighted by molar-refractivity contribution is 7.93. The van der Waals surface area contributed by atoms with Crippen molar-refractivity contribution in [2.24, 2.45) is 0 Å². The first-order valence-electron chi connectivity index (χ1n) is 10.3. The highest BCUT2D eigenvalue weighted by Crippen LogP contribution is 2.43. The van der Waals surface area contributed by atoms with E-state index in [4.69, 9.17) is 23.2 Å². The lowest BCUT2D eigenvalue weighted by atomic mass is 10.0. The Morgan fingerprint density at radius 3 is 2.24 bits per heavy atom. The van der Waals surface area contributed by atoms with Crippen LogP contribution in [0.25, 0.3) is 10.8 Å². The van der Waals surface area contributed by atoms with Crippen LogP contribution in [0.2, 0.25) is 10.0 Å². The van der Waals surface area contributed by atoms with Crippen LogP contribution in [0.3, 0.4) is 0 Å². The molecular weight excluding hydrogens is 522 g/mol. The number of fused-ring (bicyclic) bond motifs is 1. The Kier molecular flexibility index (Phi) is 6.97. The van der Waals surface area contributed by atoms with E-state index in [0.29, 0.717) is 28.2 Å². The van der Waals surface area contributed by atoms with E-state index in [1.165, 1.54) is 12.1 Å². The van der Waals surface area contributed by atoms with Crippen molar-refractivity contribution >= 4 is 63.2 Å². The maximum absolute atomic E-state index is 13.8. The van der Waals surface area contributed by atoms with Gasteiger partial charge in [-0.1, -0.05) is 53.5 Å². The van der Waals surface area contributed by atoms with Crippen LogP contribution in [0.4, 0.5) is 5.69 Å². The second-order valence-electron chi connectivity index (χ2n) is 7.95. The molecule has 34 heavy (non-hydrogen) atoms. The number of anilines is 1. The summed E-state index contributed by atoms with van der Waals surface area (Å²) in [7, 11) is -9.53. The molecule has 0 unspecified atom stereocenters. The van der Waals surface area contributed by atoms with Gasteiger partial charge >= 0.3 is 7.60 Å². The molecule has 1 fully saturated rings. The van der Waals surface area contributed by atoms with Gasteiger partial charge in [-0.3, -0.25) is 13.7 Å². The molecule has 0 atom stereocenters. The average Bonchev–Trinajstić information content (AvgIpc) is 3.30. The molecule has 8 nitrogen and oxygen atoms in total. The van der Waals surface area contributed by atoms with Crippen LogP contribution in [0.1, 0.15) is 23.2 Å². The molecule has 3 aromatic rings. The highest BCUT2D eigenvalue weighted by atomic mass is 35.5. The van der Waals surface area contributed by atoms with E-state index in [0.717, 1.165) is 25.0 Å². The first kappa shape index (κ1) is 25.0. The van der Waals surface area contributed by atoms with Crippen LogP contribution in [0.5, 0.6) is 0 Å². The zero-order chi connectivity index (χ0) is 24.7. The Morgan fingerprint density at radius 2 is 1.62 bits per heavy atom. The molecule has 12 heteroatoms. The van der Waals surface area contributed by atoms with Gasteiger partial charge in [-0.05, 0) is 42.5 Å². The number of hydrogen-bond acceptors (Lipinski definition) is 4. The Bertz CT molecular complexity index is 1400. The summed E-state index contributed by atoms with van der Waals surface area (Å²) in [6.07, 6.45) is 0.466. The van der Waals surface area contributed by atoms with Gasteiger partial charge in [0.25, 0.3) is 15.9 Å². The predicted octanol–water partition coefficient (Wildman–Crippen LogP) is 4.71. The number of rotatable bonds is 6. The molecular formula is C22H21Cl2N2O6PS. The summed E-state index contributed by atoms with van der Waals surface area (Å²) in [5, 5.41) is 1.03. The van der Waals surface area contributed by atoms with Gasteiger partial charge in [-0.15, -0.1) is 0 Å². The summed E-state index contributed by atoms with van der Waals surface area (Å²) < 4.78 is 40.3. The van der Waals surface area contributed by atoms with Gasteiger partial charge < -0.3 is 14.7 Å². The molecule has 1 amide bonds. The van der Waals surface area contributed by atoms with Gasteiger partial charge in [-0.2, -0.15) is 0 Å². The van der Waals surface area contributed by atoms with E-state index >= 15 is 0 Å². The number of benzene rings is 3. The zero-order valence-corrected chi connectivity index (χ0v) is 21.0. The molecule has 1 aliphatic heterocycles. The van der Waals surface area contributed by atoms with E-state index in [1.54, 1.807) is 35.2 Å². The summed E-state index contributed by atoms with van der Waals surface area (Å²) in [4.78, 5) is 34.3. The molecule has 180 valence electrons. The third kappa shape index (κ3) is 5.10. The minimum Gasteiger partial charge on any atom is -0.339 e. The molecule has 0 aliphatic carbocycles. The second kappa shape index (κ2) is 9.49. The quantitative estimate of drug-likeness (QED) is 0.435. The Morgan fingerprint density at radius 1 is 1.00 bits per heavy atom. The fourth-order valence-corrected chi connectivity index (χ4v) is 7.46. The largest absolute Gasteiger partial charge is 0.345 e. The van der Waals surface area contributed by atoms with Crippen molar-refractivity contribution in [3.05, 3.63) is 70.2 Å². The summed E-state index contributed by atoms with van der Waals surface area (Å²) in [6.45, 7) is 1.03. The smallest absolute Gasteiger partial charge is 0.339 e. The molecule has 0 radical (unpaired) electrons. The van der Waals surface area contributed by atoms with E-state index in [-0.39, 0.29) is 26.2 Å². The summed E-state index contributed by atoms with van der Waals surface area (Å²) >= 11 is 12.0. The lowest BCUT2D eigenvalue weighted by Crippen LogP contribution is -2.35. The van der Waals surface area contributed by atoms with Crippen molar-refractivity contribution in [3.63, 3.8) is 0 Å². The predicted molar refractivity (Wildman–Crippen MR) is 132 cm³/mol. The van der Waals surface area contributed by atoms with Crippen LogP contribution < -0.4 is 4.31 Å². The zero-order valence-electron chi connectivity index (χ0n) is 17.8. The molecule has 2 N–H and O–H groups in total. The summed E-state index contributed by atoms with van der Waals surface area (Å²) in [5.74, 6) is -0.409. The molecule has 0 aromatic heterocycles.